The van der Waals surface area contributed by atoms with E-state index in [9.17, 15) is 14.0 Å². The Morgan fingerprint density at radius 3 is 2.56 bits per heavy atom. The third-order valence-electron chi connectivity index (χ3n) is 3.71. The number of thiocarbonyl (C=S) groups is 1. The minimum Gasteiger partial charge on any atom is -0.481 e. The van der Waals surface area contributed by atoms with E-state index in [-0.39, 0.29) is 23.0 Å². The van der Waals surface area contributed by atoms with Crippen LogP contribution < -0.4 is 15.0 Å². The molecule has 27 heavy (non-hydrogen) atoms. The number of para-hydroxylation sites is 1. The summed E-state index contributed by atoms with van der Waals surface area (Å²) in [6.07, 6.45) is 6.54. The predicted octanol–water partition coefficient (Wildman–Crippen LogP) is 2.67. The number of terminal acetylenes is 1. The maximum absolute atomic E-state index is 14.1. The second-order valence-corrected chi connectivity index (χ2v) is 5.86. The summed E-state index contributed by atoms with van der Waals surface area (Å²) >= 11 is 5.04. The van der Waals surface area contributed by atoms with E-state index in [0.717, 1.165) is 4.90 Å². The monoisotopic (exact) mass is 380 g/mol. The summed E-state index contributed by atoms with van der Waals surface area (Å²) in [5, 5.41) is 2.24. The topological polar surface area (TPSA) is 58.6 Å². The zero-order valence-electron chi connectivity index (χ0n) is 13.9. The summed E-state index contributed by atoms with van der Waals surface area (Å²) in [4.78, 5) is 26.0. The summed E-state index contributed by atoms with van der Waals surface area (Å²) in [5.74, 6) is 0.935. The van der Waals surface area contributed by atoms with E-state index >= 15 is 0 Å². The smallest absolute Gasteiger partial charge is 0.270 e. The summed E-state index contributed by atoms with van der Waals surface area (Å²) in [6.45, 7) is 0.135. The van der Waals surface area contributed by atoms with Crippen molar-refractivity contribution in [1.29, 1.82) is 0 Å². The van der Waals surface area contributed by atoms with Gasteiger partial charge in [-0.1, -0.05) is 30.2 Å². The van der Waals surface area contributed by atoms with Crippen LogP contribution in [-0.2, 0) is 9.59 Å². The number of hydrogen-bond donors (Lipinski definition) is 1. The number of anilines is 1. The van der Waals surface area contributed by atoms with Crippen molar-refractivity contribution in [2.75, 3.05) is 11.5 Å². The highest BCUT2D eigenvalue weighted by atomic mass is 32.1. The molecule has 2 aromatic carbocycles. The summed E-state index contributed by atoms with van der Waals surface area (Å²) in [5.41, 5.74) is 0.392. The van der Waals surface area contributed by atoms with Crippen LogP contribution in [0.3, 0.4) is 0 Å². The zero-order chi connectivity index (χ0) is 19.4. The van der Waals surface area contributed by atoms with E-state index in [2.05, 4.69) is 11.2 Å². The molecule has 0 spiro atoms. The average Bonchev–Trinajstić information content (AvgIpc) is 2.66. The molecule has 0 unspecified atom stereocenters. The van der Waals surface area contributed by atoms with Gasteiger partial charge in [-0.15, -0.1) is 6.42 Å². The number of nitrogens with zero attached hydrogens (tertiary/aromatic N) is 1. The van der Waals surface area contributed by atoms with Gasteiger partial charge in [0.2, 0.25) is 0 Å². The molecule has 0 aromatic heterocycles. The first kappa shape index (κ1) is 18.3. The quantitative estimate of drug-likeness (QED) is 0.384. The van der Waals surface area contributed by atoms with Gasteiger partial charge in [-0.2, -0.15) is 0 Å². The highest BCUT2D eigenvalue weighted by Gasteiger charge is 2.35. The molecular weight excluding hydrogens is 367 g/mol. The Morgan fingerprint density at radius 2 is 1.89 bits per heavy atom. The Bertz CT molecular complexity index is 993. The molecule has 0 radical (unpaired) electrons. The molecule has 0 bridgehead atoms. The summed E-state index contributed by atoms with van der Waals surface area (Å²) in [7, 11) is 0. The fraction of sp³-hybridized carbons (Fsp3) is 0.0500. The second-order valence-electron chi connectivity index (χ2n) is 5.47. The summed E-state index contributed by atoms with van der Waals surface area (Å²) < 4.78 is 19.4. The molecule has 1 heterocycles. The van der Waals surface area contributed by atoms with Crippen molar-refractivity contribution in [2.24, 2.45) is 0 Å². The first-order chi connectivity index (χ1) is 13.0. The van der Waals surface area contributed by atoms with Crippen LogP contribution in [0.4, 0.5) is 10.1 Å². The standard InChI is InChI=1S/C20H13FN2O3S/c1-2-11-26-14-9-7-13(8-10-14)12-15-18(24)22-20(27)23(19(15)25)17-6-4-3-5-16(17)21/h1,3-10,12H,11H2,(H,22,24,27)/b15-12-. The van der Waals surface area contributed by atoms with Crippen LogP contribution in [-0.4, -0.2) is 23.5 Å². The van der Waals surface area contributed by atoms with Crippen LogP contribution in [0.25, 0.3) is 6.08 Å². The van der Waals surface area contributed by atoms with Crippen molar-refractivity contribution in [3.8, 4) is 18.1 Å². The Morgan fingerprint density at radius 1 is 1.19 bits per heavy atom. The molecule has 5 nitrogen and oxygen atoms in total. The van der Waals surface area contributed by atoms with Gasteiger partial charge in [0.15, 0.2) is 5.11 Å². The first-order valence-electron chi connectivity index (χ1n) is 7.83. The third-order valence-corrected chi connectivity index (χ3v) is 3.99. The van der Waals surface area contributed by atoms with Crippen LogP contribution in [0.2, 0.25) is 0 Å². The Kier molecular flexibility index (Phi) is 5.29. The van der Waals surface area contributed by atoms with Gasteiger partial charge in [-0.05, 0) is 48.1 Å². The number of halogens is 1. The van der Waals surface area contributed by atoms with Crippen molar-refractivity contribution in [3.63, 3.8) is 0 Å². The molecule has 134 valence electrons. The van der Waals surface area contributed by atoms with Crippen LogP contribution in [0.1, 0.15) is 5.56 Å². The molecule has 1 aliphatic rings. The van der Waals surface area contributed by atoms with E-state index in [1.165, 1.54) is 24.3 Å². The number of carbonyl (C=O) groups is 2. The van der Waals surface area contributed by atoms with E-state index in [1.807, 2.05) is 0 Å². The third kappa shape index (κ3) is 3.86. The van der Waals surface area contributed by atoms with Crippen molar-refractivity contribution in [3.05, 3.63) is 65.5 Å². The highest BCUT2D eigenvalue weighted by molar-refractivity contribution is 7.80. The molecule has 1 fully saturated rings. The average molecular weight is 380 g/mol. The molecule has 0 aliphatic carbocycles. The van der Waals surface area contributed by atoms with Crippen molar-refractivity contribution in [2.45, 2.75) is 0 Å². The second kappa shape index (κ2) is 7.81. The van der Waals surface area contributed by atoms with E-state index in [4.69, 9.17) is 23.4 Å². The zero-order valence-corrected chi connectivity index (χ0v) is 14.8. The molecule has 7 heteroatoms. The molecule has 0 saturated carbocycles. The molecule has 1 N–H and O–H groups in total. The summed E-state index contributed by atoms with van der Waals surface area (Å²) in [6, 6.07) is 12.3. The van der Waals surface area contributed by atoms with Crippen molar-refractivity contribution >= 4 is 40.9 Å². The lowest BCUT2D eigenvalue weighted by Gasteiger charge is -2.29. The van der Waals surface area contributed by atoms with Gasteiger partial charge in [0.25, 0.3) is 11.8 Å². The number of amides is 2. The number of benzene rings is 2. The van der Waals surface area contributed by atoms with Gasteiger partial charge in [-0.25, -0.2) is 9.29 Å². The van der Waals surface area contributed by atoms with E-state index < -0.39 is 17.6 Å². The first-order valence-corrected chi connectivity index (χ1v) is 8.24. The lowest BCUT2D eigenvalue weighted by atomic mass is 10.1. The molecule has 1 saturated heterocycles. The normalized spacial score (nSPS) is 15.5. The lowest BCUT2D eigenvalue weighted by Crippen LogP contribution is -2.54. The van der Waals surface area contributed by atoms with Crippen molar-refractivity contribution in [1.82, 2.24) is 5.32 Å². The fourth-order valence-corrected chi connectivity index (χ4v) is 2.74. The number of hydrogen-bond acceptors (Lipinski definition) is 4. The number of nitrogens with one attached hydrogen (secondary N) is 1. The molecular formula is C20H13FN2O3S. The number of ether oxygens (including phenoxy) is 1. The molecule has 2 amide bonds. The minimum atomic E-state index is -0.707. The van der Waals surface area contributed by atoms with Crippen LogP contribution >= 0.6 is 12.2 Å². The Balaban J connectivity index is 1.92. The van der Waals surface area contributed by atoms with Gasteiger partial charge in [-0.3, -0.25) is 14.9 Å². The maximum atomic E-state index is 14.1. The van der Waals surface area contributed by atoms with Crippen LogP contribution in [0, 0.1) is 18.2 Å². The predicted molar refractivity (Wildman–Crippen MR) is 103 cm³/mol. The maximum Gasteiger partial charge on any atom is 0.270 e. The largest absolute Gasteiger partial charge is 0.481 e. The van der Waals surface area contributed by atoms with Gasteiger partial charge in [0.1, 0.15) is 23.7 Å². The van der Waals surface area contributed by atoms with Gasteiger partial charge < -0.3 is 4.74 Å². The number of rotatable bonds is 4. The van der Waals surface area contributed by atoms with Gasteiger partial charge in [0, 0.05) is 0 Å². The Hall–Kier alpha value is -3.50. The molecule has 3 rings (SSSR count). The van der Waals surface area contributed by atoms with Gasteiger partial charge in [0.05, 0.1) is 5.69 Å². The van der Waals surface area contributed by atoms with E-state index in [0.29, 0.717) is 11.3 Å². The Labute approximate surface area is 160 Å². The van der Waals surface area contributed by atoms with Crippen LogP contribution in [0.15, 0.2) is 54.1 Å². The molecule has 2 aromatic rings. The molecule has 1 aliphatic heterocycles. The van der Waals surface area contributed by atoms with Crippen molar-refractivity contribution < 1.29 is 18.7 Å². The van der Waals surface area contributed by atoms with Gasteiger partial charge >= 0.3 is 0 Å². The minimum absolute atomic E-state index is 0.0311. The SMILES string of the molecule is C#CCOc1ccc(/C=C2/C(=O)NC(=S)N(c3ccccc3F)C2=O)cc1. The fourth-order valence-electron chi connectivity index (χ4n) is 2.46. The van der Waals surface area contributed by atoms with E-state index in [1.54, 1.807) is 30.3 Å². The molecule has 0 atom stereocenters. The number of carbonyl (C=O) groups excluding carboxylic acids is 2. The van der Waals surface area contributed by atoms with Crippen LogP contribution in [0.5, 0.6) is 5.75 Å². The highest BCUT2D eigenvalue weighted by Crippen LogP contribution is 2.24. The lowest BCUT2D eigenvalue weighted by molar-refractivity contribution is -0.122.